The number of hydrogen-bond donors (Lipinski definition) is 1. The van der Waals surface area contributed by atoms with Crippen molar-refractivity contribution in [2.75, 3.05) is 5.32 Å². The molecule has 1 fully saturated rings. The average molecular weight is 375 g/mol. The Morgan fingerprint density at radius 2 is 1.94 bits per heavy atom. The van der Waals surface area contributed by atoms with Crippen molar-refractivity contribution in [3.63, 3.8) is 0 Å². The molecular formula is C15H21Br2N. The van der Waals surface area contributed by atoms with E-state index in [1.54, 1.807) is 0 Å². The lowest BCUT2D eigenvalue weighted by Crippen LogP contribution is -2.19. The topological polar surface area (TPSA) is 12.0 Å². The molecule has 18 heavy (non-hydrogen) atoms. The maximum absolute atomic E-state index is 3.69. The predicted octanol–water partition coefficient (Wildman–Crippen LogP) is 5.98. The van der Waals surface area contributed by atoms with Crippen molar-refractivity contribution in [2.45, 2.75) is 52.0 Å². The first kappa shape index (κ1) is 14.4. The van der Waals surface area contributed by atoms with E-state index in [-0.39, 0.29) is 0 Å². The number of rotatable bonds is 2. The highest BCUT2D eigenvalue weighted by atomic mass is 79.9. The van der Waals surface area contributed by atoms with Crippen LogP contribution in [0.3, 0.4) is 0 Å². The van der Waals surface area contributed by atoms with E-state index >= 15 is 0 Å². The molecule has 1 atom stereocenters. The monoisotopic (exact) mass is 373 g/mol. The van der Waals surface area contributed by atoms with Crippen molar-refractivity contribution in [1.29, 1.82) is 0 Å². The van der Waals surface area contributed by atoms with E-state index < -0.39 is 0 Å². The fourth-order valence-electron chi connectivity index (χ4n) is 2.63. The maximum Gasteiger partial charge on any atom is 0.0498 e. The van der Waals surface area contributed by atoms with Gasteiger partial charge in [0.2, 0.25) is 0 Å². The van der Waals surface area contributed by atoms with Crippen LogP contribution in [0.5, 0.6) is 0 Å². The van der Waals surface area contributed by atoms with E-state index in [1.807, 2.05) is 0 Å². The molecule has 0 amide bonds. The second-order valence-electron chi connectivity index (χ2n) is 6.06. The number of benzene rings is 1. The second-order valence-corrected chi connectivity index (χ2v) is 7.83. The highest BCUT2D eigenvalue weighted by Crippen LogP contribution is 2.35. The number of hydrogen-bond acceptors (Lipinski definition) is 1. The van der Waals surface area contributed by atoms with E-state index in [4.69, 9.17) is 0 Å². The lowest BCUT2D eigenvalue weighted by Gasteiger charge is -2.22. The SMILES string of the molecule is CC1(C)CCCC(Nc2cc(Br)ccc2Br)CC1. The third-order valence-electron chi connectivity index (χ3n) is 3.86. The molecule has 2 rings (SSSR count). The highest BCUT2D eigenvalue weighted by Gasteiger charge is 2.24. The molecule has 1 saturated carbocycles. The van der Waals surface area contributed by atoms with E-state index in [0.717, 1.165) is 8.95 Å². The minimum absolute atomic E-state index is 0.519. The van der Waals surface area contributed by atoms with Gasteiger partial charge in [-0.3, -0.25) is 0 Å². The molecule has 3 heteroatoms. The molecule has 0 saturated heterocycles. The van der Waals surface area contributed by atoms with Crippen molar-refractivity contribution < 1.29 is 0 Å². The molecule has 1 aromatic carbocycles. The lowest BCUT2D eigenvalue weighted by molar-refractivity contribution is 0.313. The van der Waals surface area contributed by atoms with Gasteiger partial charge in [0.25, 0.3) is 0 Å². The zero-order valence-electron chi connectivity index (χ0n) is 11.1. The van der Waals surface area contributed by atoms with Gasteiger partial charge in [0.05, 0.1) is 0 Å². The van der Waals surface area contributed by atoms with Crippen molar-refractivity contribution in [2.24, 2.45) is 5.41 Å². The maximum atomic E-state index is 3.69. The largest absolute Gasteiger partial charge is 0.381 e. The average Bonchev–Trinajstić information content (AvgIpc) is 2.46. The van der Waals surface area contributed by atoms with E-state index in [1.165, 1.54) is 37.8 Å². The van der Waals surface area contributed by atoms with Gasteiger partial charge in [0.15, 0.2) is 0 Å². The van der Waals surface area contributed by atoms with Crippen LogP contribution in [0.25, 0.3) is 0 Å². The van der Waals surface area contributed by atoms with Crippen LogP contribution < -0.4 is 5.32 Å². The summed E-state index contributed by atoms with van der Waals surface area (Å²) in [6.07, 6.45) is 6.55. The van der Waals surface area contributed by atoms with Crippen LogP contribution in [0.4, 0.5) is 5.69 Å². The van der Waals surface area contributed by atoms with Crippen LogP contribution in [0.15, 0.2) is 27.1 Å². The summed E-state index contributed by atoms with van der Waals surface area (Å²) < 4.78 is 2.27. The van der Waals surface area contributed by atoms with Gasteiger partial charge in [-0.05, 0) is 65.2 Å². The summed E-state index contributed by atoms with van der Waals surface area (Å²) >= 11 is 7.15. The third-order valence-corrected chi connectivity index (χ3v) is 5.05. The van der Waals surface area contributed by atoms with E-state index in [0.29, 0.717) is 11.5 Å². The zero-order valence-corrected chi connectivity index (χ0v) is 14.3. The van der Waals surface area contributed by atoms with Gasteiger partial charge in [-0.25, -0.2) is 0 Å². The van der Waals surface area contributed by atoms with Gasteiger partial charge in [-0.1, -0.05) is 36.2 Å². The Balaban J connectivity index is 2.03. The number of anilines is 1. The quantitative estimate of drug-likeness (QED) is 0.627. The van der Waals surface area contributed by atoms with Gasteiger partial charge in [0.1, 0.15) is 0 Å². The Morgan fingerprint density at radius 1 is 1.17 bits per heavy atom. The molecule has 0 bridgehead atoms. The summed E-state index contributed by atoms with van der Waals surface area (Å²) in [5.41, 5.74) is 1.72. The Hall–Kier alpha value is -0.0200. The number of nitrogens with one attached hydrogen (secondary N) is 1. The zero-order chi connectivity index (χ0) is 13.2. The summed E-state index contributed by atoms with van der Waals surface area (Å²) in [5, 5.41) is 3.69. The first-order chi connectivity index (χ1) is 8.46. The summed E-state index contributed by atoms with van der Waals surface area (Å²) in [7, 11) is 0. The Bertz CT molecular complexity index is 415. The van der Waals surface area contributed by atoms with Crippen molar-refractivity contribution in [3.8, 4) is 0 Å². The predicted molar refractivity (Wildman–Crippen MR) is 86.1 cm³/mol. The van der Waals surface area contributed by atoms with Crippen LogP contribution in [-0.2, 0) is 0 Å². The fraction of sp³-hybridized carbons (Fsp3) is 0.600. The number of halogens is 2. The molecule has 0 spiro atoms. The van der Waals surface area contributed by atoms with Crippen LogP contribution in [-0.4, -0.2) is 6.04 Å². The highest BCUT2D eigenvalue weighted by molar-refractivity contribution is 9.11. The van der Waals surface area contributed by atoms with E-state index in [9.17, 15) is 0 Å². The van der Waals surface area contributed by atoms with E-state index in [2.05, 4.69) is 69.2 Å². The summed E-state index contributed by atoms with van der Waals surface area (Å²) in [6.45, 7) is 4.79. The molecule has 1 aromatic rings. The lowest BCUT2D eigenvalue weighted by atomic mass is 9.85. The molecule has 1 N–H and O–H groups in total. The Morgan fingerprint density at radius 3 is 2.72 bits per heavy atom. The molecule has 0 radical (unpaired) electrons. The Labute approximate surface area is 127 Å². The van der Waals surface area contributed by atoms with Crippen molar-refractivity contribution in [3.05, 3.63) is 27.1 Å². The van der Waals surface area contributed by atoms with Crippen molar-refractivity contribution >= 4 is 37.5 Å². The second kappa shape index (κ2) is 5.96. The van der Waals surface area contributed by atoms with Crippen LogP contribution >= 0.6 is 31.9 Å². The molecule has 0 heterocycles. The standard InChI is InChI=1S/C15H21Br2N/c1-15(2)8-3-4-12(7-9-15)18-14-10-11(16)5-6-13(14)17/h5-6,10,12,18H,3-4,7-9H2,1-2H3. The van der Waals surface area contributed by atoms with Gasteiger partial charge in [-0.15, -0.1) is 0 Å². The molecule has 100 valence electrons. The van der Waals surface area contributed by atoms with Gasteiger partial charge < -0.3 is 5.32 Å². The molecule has 1 aliphatic carbocycles. The fourth-order valence-corrected chi connectivity index (χ4v) is 3.36. The molecule has 0 aromatic heterocycles. The van der Waals surface area contributed by atoms with Gasteiger partial charge in [0, 0.05) is 20.7 Å². The minimum atomic E-state index is 0.519. The first-order valence-corrected chi connectivity index (χ1v) is 8.26. The normalized spacial score (nSPS) is 23.4. The summed E-state index contributed by atoms with van der Waals surface area (Å²) in [4.78, 5) is 0. The van der Waals surface area contributed by atoms with Crippen LogP contribution in [0.2, 0.25) is 0 Å². The first-order valence-electron chi connectivity index (χ1n) is 6.68. The van der Waals surface area contributed by atoms with Gasteiger partial charge >= 0.3 is 0 Å². The smallest absolute Gasteiger partial charge is 0.0498 e. The van der Waals surface area contributed by atoms with Crippen LogP contribution in [0, 0.1) is 5.41 Å². The summed E-state index contributed by atoms with van der Waals surface area (Å²) in [6, 6.07) is 6.91. The molecule has 0 aliphatic heterocycles. The van der Waals surface area contributed by atoms with Crippen molar-refractivity contribution in [1.82, 2.24) is 0 Å². The van der Waals surface area contributed by atoms with Gasteiger partial charge in [-0.2, -0.15) is 0 Å². The third kappa shape index (κ3) is 3.99. The van der Waals surface area contributed by atoms with Crippen LogP contribution in [0.1, 0.15) is 46.0 Å². The minimum Gasteiger partial charge on any atom is -0.381 e. The molecular weight excluding hydrogens is 354 g/mol. The molecule has 1 unspecified atom stereocenters. The molecule has 1 nitrogen and oxygen atoms in total. The molecule has 1 aliphatic rings. The summed E-state index contributed by atoms with van der Waals surface area (Å²) in [5.74, 6) is 0. The Kier molecular flexibility index (Phi) is 4.76.